The van der Waals surface area contributed by atoms with Gasteiger partial charge in [-0.25, -0.2) is 5.43 Å². The molecule has 7 nitrogen and oxygen atoms in total. The zero-order valence-corrected chi connectivity index (χ0v) is 17.7. The number of hydrazone groups is 1. The Balaban J connectivity index is 1.54. The van der Waals surface area contributed by atoms with Gasteiger partial charge in [-0.3, -0.25) is 4.79 Å². The molecule has 0 aliphatic heterocycles. The molecule has 0 radical (unpaired) electrons. The molecule has 144 valence electrons. The van der Waals surface area contributed by atoms with Gasteiger partial charge in [0.2, 0.25) is 0 Å². The Bertz CT molecular complexity index is 988. The standard InChI is InChI=1S/C19H18BrN5O2S/c1-25-18(14-6-8-15(20)9-7-14)23-24-19(25)28-12-17(26)22-21-11-13-4-3-5-16(10-13)27-2/h3-11H,12H2,1-2H3,(H,22,26)/b21-11-. The summed E-state index contributed by atoms with van der Waals surface area (Å²) in [6.07, 6.45) is 1.57. The van der Waals surface area contributed by atoms with Gasteiger partial charge in [0.1, 0.15) is 5.75 Å². The first-order chi connectivity index (χ1) is 13.6. The number of hydrogen-bond donors (Lipinski definition) is 1. The molecule has 0 aliphatic carbocycles. The lowest BCUT2D eigenvalue weighted by molar-refractivity contribution is -0.118. The van der Waals surface area contributed by atoms with E-state index in [0.717, 1.165) is 27.2 Å². The van der Waals surface area contributed by atoms with Gasteiger partial charge in [0, 0.05) is 17.1 Å². The summed E-state index contributed by atoms with van der Waals surface area (Å²) in [5.41, 5.74) is 4.30. The predicted molar refractivity (Wildman–Crippen MR) is 114 cm³/mol. The van der Waals surface area contributed by atoms with Crippen LogP contribution in [0, 0.1) is 0 Å². The highest BCUT2D eigenvalue weighted by Gasteiger charge is 2.12. The number of aromatic nitrogens is 3. The zero-order chi connectivity index (χ0) is 19.9. The molecule has 1 heterocycles. The van der Waals surface area contributed by atoms with Crippen molar-refractivity contribution < 1.29 is 9.53 Å². The van der Waals surface area contributed by atoms with E-state index in [-0.39, 0.29) is 11.7 Å². The minimum atomic E-state index is -0.225. The summed E-state index contributed by atoms with van der Waals surface area (Å²) in [6.45, 7) is 0. The molecule has 1 N–H and O–H groups in total. The zero-order valence-electron chi connectivity index (χ0n) is 15.3. The van der Waals surface area contributed by atoms with Gasteiger partial charge in [0.05, 0.1) is 19.1 Å². The molecule has 3 rings (SSSR count). The maximum absolute atomic E-state index is 12.0. The third kappa shape index (κ3) is 5.20. The van der Waals surface area contributed by atoms with Crippen LogP contribution in [0.25, 0.3) is 11.4 Å². The minimum Gasteiger partial charge on any atom is -0.497 e. The third-order valence-corrected chi connectivity index (χ3v) is 5.32. The van der Waals surface area contributed by atoms with Crippen molar-refractivity contribution in [1.82, 2.24) is 20.2 Å². The van der Waals surface area contributed by atoms with Gasteiger partial charge in [-0.2, -0.15) is 5.10 Å². The van der Waals surface area contributed by atoms with E-state index in [4.69, 9.17) is 4.74 Å². The predicted octanol–water partition coefficient (Wildman–Crippen LogP) is 3.50. The summed E-state index contributed by atoms with van der Waals surface area (Å²) in [7, 11) is 3.47. The maximum Gasteiger partial charge on any atom is 0.250 e. The van der Waals surface area contributed by atoms with Crippen molar-refractivity contribution in [3.05, 3.63) is 58.6 Å². The van der Waals surface area contributed by atoms with Crippen LogP contribution in [0.5, 0.6) is 5.75 Å². The Hall–Kier alpha value is -2.65. The summed E-state index contributed by atoms with van der Waals surface area (Å²) >= 11 is 4.72. The molecule has 1 aromatic heterocycles. The summed E-state index contributed by atoms with van der Waals surface area (Å²) in [6, 6.07) is 15.2. The van der Waals surface area contributed by atoms with E-state index in [0.29, 0.717) is 5.16 Å². The fourth-order valence-electron chi connectivity index (χ4n) is 2.35. The van der Waals surface area contributed by atoms with E-state index < -0.39 is 0 Å². The van der Waals surface area contributed by atoms with Crippen molar-refractivity contribution in [3.8, 4) is 17.1 Å². The first-order valence-corrected chi connectivity index (χ1v) is 10.1. The summed E-state index contributed by atoms with van der Waals surface area (Å²) < 4.78 is 8.01. The monoisotopic (exact) mass is 459 g/mol. The molecule has 0 fully saturated rings. The highest BCUT2D eigenvalue weighted by molar-refractivity contribution is 9.10. The largest absolute Gasteiger partial charge is 0.497 e. The highest BCUT2D eigenvalue weighted by Crippen LogP contribution is 2.23. The van der Waals surface area contributed by atoms with E-state index in [1.807, 2.05) is 60.1 Å². The molecule has 3 aromatic rings. The first-order valence-electron chi connectivity index (χ1n) is 8.31. The normalized spacial score (nSPS) is 11.0. The summed E-state index contributed by atoms with van der Waals surface area (Å²) in [4.78, 5) is 12.0. The van der Waals surface area contributed by atoms with Gasteiger partial charge in [-0.1, -0.05) is 52.0 Å². The second-order valence-corrected chi connectivity index (χ2v) is 7.59. The van der Waals surface area contributed by atoms with Crippen LogP contribution in [-0.2, 0) is 11.8 Å². The molecule has 0 saturated carbocycles. The number of ether oxygens (including phenoxy) is 1. The van der Waals surface area contributed by atoms with Crippen molar-refractivity contribution in [3.63, 3.8) is 0 Å². The van der Waals surface area contributed by atoms with Crippen LogP contribution in [0.2, 0.25) is 0 Å². The van der Waals surface area contributed by atoms with Crippen LogP contribution >= 0.6 is 27.7 Å². The quantitative estimate of drug-likeness (QED) is 0.332. The molecule has 0 unspecified atom stereocenters. The van der Waals surface area contributed by atoms with Crippen LogP contribution in [0.3, 0.4) is 0 Å². The average molecular weight is 460 g/mol. The lowest BCUT2D eigenvalue weighted by atomic mass is 10.2. The SMILES string of the molecule is COc1cccc(/C=N\NC(=O)CSc2nnc(-c3ccc(Br)cc3)n2C)c1. The van der Waals surface area contributed by atoms with Crippen molar-refractivity contribution >= 4 is 39.8 Å². The summed E-state index contributed by atoms with van der Waals surface area (Å²) in [5.74, 6) is 1.43. The Labute approximate surface area is 175 Å². The van der Waals surface area contributed by atoms with E-state index in [1.165, 1.54) is 11.8 Å². The van der Waals surface area contributed by atoms with E-state index in [9.17, 15) is 4.79 Å². The lowest BCUT2D eigenvalue weighted by Crippen LogP contribution is -2.19. The Kier molecular flexibility index (Phi) is 6.83. The van der Waals surface area contributed by atoms with Crippen LogP contribution < -0.4 is 10.2 Å². The van der Waals surface area contributed by atoms with Gasteiger partial charge in [0.15, 0.2) is 11.0 Å². The van der Waals surface area contributed by atoms with Gasteiger partial charge in [0.25, 0.3) is 5.91 Å². The van der Waals surface area contributed by atoms with Gasteiger partial charge in [-0.05, 0) is 29.8 Å². The van der Waals surface area contributed by atoms with Gasteiger partial charge in [-0.15, -0.1) is 10.2 Å². The van der Waals surface area contributed by atoms with Crippen LogP contribution in [0.4, 0.5) is 0 Å². The number of benzene rings is 2. The molecule has 1 amide bonds. The number of halogens is 1. The molecule has 0 saturated heterocycles. The van der Waals surface area contributed by atoms with E-state index in [1.54, 1.807) is 13.3 Å². The van der Waals surface area contributed by atoms with Crippen LogP contribution in [0.1, 0.15) is 5.56 Å². The Morgan fingerprint density at radius 1 is 1.29 bits per heavy atom. The van der Waals surface area contributed by atoms with E-state index in [2.05, 4.69) is 36.7 Å². The van der Waals surface area contributed by atoms with Crippen LogP contribution in [-0.4, -0.2) is 39.7 Å². The maximum atomic E-state index is 12.0. The first kappa shape index (κ1) is 20.1. The third-order valence-electron chi connectivity index (χ3n) is 3.77. The molecule has 2 aromatic carbocycles. The number of nitrogens with zero attached hydrogens (tertiary/aromatic N) is 4. The number of carbonyl (C=O) groups excluding carboxylic acids is 1. The van der Waals surface area contributed by atoms with Crippen molar-refractivity contribution in [1.29, 1.82) is 0 Å². The molecule has 9 heteroatoms. The average Bonchev–Trinajstić information content (AvgIpc) is 3.07. The second kappa shape index (κ2) is 9.52. The molecule has 0 aliphatic rings. The number of amides is 1. The van der Waals surface area contributed by atoms with Gasteiger partial charge >= 0.3 is 0 Å². The van der Waals surface area contributed by atoms with Crippen molar-refractivity contribution in [2.24, 2.45) is 12.1 Å². The number of methoxy groups -OCH3 is 1. The highest BCUT2D eigenvalue weighted by atomic mass is 79.9. The number of carbonyl (C=O) groups is 1. The number of nitrogens with one attached hydrogen (secondary N) is 1. The fraction of sp³-hybridized carbons (Fsp3) is 0.158. The molecule has 28 heavy (non-hydrogen) atoms. The Morgan fingerprint density at radius 3 is 2.82 bits per heavy atom. The summed E-state index contributed by atoms with van der Waals surface area (Å²) in [5, 5.41) is 13.0. The van der Waals surface area contributed by atoms with Crippen LogP contribution in [0.15, 0.2) is 63.3 Å². The lowest BCUT2D eigenvalue weighted by Gasteiger charge is -2.04. The number of thioether (sulfide) groups is 1. The number of hydrogen-bond acceptors (Lipinski definition) is 6. The molecule has 0 spiro atoms. The second-order valence-electron chi connectivity index (χ2n) is 5.73. The molecule has 0 bridgehead atoms. The molecule has 0 atom stereocenters. The topological polar surface area (TPSA) is 81.4 Å². The number of rotatable bonds is 7. The Morgan fingerprint density at radius 2 is 2.07 bits per heavy atom. The molecular weight excluding hydrogens is 442 g/mol. The fourth-order valence-corrected chi connectivity index (χ4v) is 3.32. The minimum absolute atomic E-state index is 0.182. The molecular formula is C19H18BrN5O2S. The van der Waals surface area contributed by atoms with Crippen molar-refractivity contribution in [2.75, 3.05) is 12.9 Å². The van der Waals surface area contributed by atoms with Gasteiger partial charge < -0.3 is 9.30 Å². The van der Waals surface area contributed by atoms with E-state index >= 15 is 0 Å². The van der Waals surface area contributed by atoms with Crippen molar-refractivity contribution in [2.45, 2.75) is 5.16 Å². The smallest absolute Gasteiger partial charge is 0.250 e.